The number of amides is 1. The molecule has 0 saturated heterocycles. The van der Waals surface area contributed by atoms with E-state index in [1.165, 1.54) is 11.8 Å². The number of aromatic amines is 1. The molecule has 3 rings (SSSR count). The van der Waals surface area contributed by atoms with E-state index in [0.29, 0.717) is 34.2 Å². The number of nitrogens with zero attached hydrogens (tertiary/aromatic N) is 2. The van der Waals surface area contributed by atoms with E-state index in [2.05, 4.69) is 22.2 Å². The van der Waals surface area contributed by atoms with Crippen LogP contribution < -0.4 is 15.6 Å². The molecule has 0 aliphatic rings. The molecule has 2 heterocycles. The number of unbranched alkanes of at least 4 members (excludes halogenated alkanes) is 1. The molecule has 0 unspecified atom stereocenters. The van der Waals surface area contributed by atoms with Crippen molar-refractivity contribution in [3.63, 3.8) is 0 Å². The van der Waals surface area contributed by atoms with Gasteiger partial charge in [-0.3, -0.25) is 14.2 Å². The van der Waals surface area contributed by atoms with Gasteiger partial charge in [0.15, 0.2) is 5.16 Å². The molecule has 1 aromatic carbocycles. The van der Waals surface area contributed by atoms with Gasteiger partial charge >= 0.3 is 0 Å². The smallest absolute Gasteiger partial charge is 0.278 e. The summed E-state index contributed by atoms with van der Waals surface area (Å²) in [6, 6.07) is 9.03. The second-order valence-corrected chi connectivity index (χ2v) is 7.43. The Morgan fingerprint density at radius 2 is 2.18 bits per heavy atom. The highest BCUT2D eigenvalue weighted by Gasteiger charge is 2.15. The van der Waals surface area contributed by atoms with E-state index in [1.807, 2.05) is 25.1 Å². The molecule has 148 valence electrons. The van der Waals surface area contributed by atoms with E-state index >= 15 is 0 Å². The van der Waals surface area contributed by atoms with Crippen LogP contribution in [-0.4, -0.2) is 33.3 Å². The summed E-state index contributed by atoms with van der Waals surface area (Å²) < 4.78 is 6.83. The first-order chi connectivity index (χ1) is 13.5. The molecule has 28 heavy (non-hydrogen) atoms. The number of hydrogen-bond acceptors (Lipinski definition) is 5. The van der Waals surface area contributed by atoms with Gasteiger partial charge in [0.2, 0.25) is 5.91 Å². The third-order valence-electron chi connectivity index (χ3n) is 4.26. The number of anilines is 1. The van der Waals surface area contributed by atoms with Gasteiger partial charge in [-0.05, 0) is 31.5 Å². The van der Waals surface area contributed by atoms with Crippen molar-refractivity contribution in [3.05, 3.63) is 46.4 Å². The van der Waals surface area contributed by atoms with Crippen LogP contribution in [0, 0.1) is 6.92 Å². The molecule has 0 bridgehead atoms. The van der Waals surface area contributed by atoms with Crippen molar-refractivity contribution in [2.75, 3.05) is 18.2 Å². The van der Waals surface area contributed by atoms with Gasteiger partial charge in [-0.1, -0.05) is 31.2 Å². The minimum atomic E-state index is -0.167. The Kier molecular flexibility index (Phi) is 6.41. The van der Waals surface area contributed by atoms with Crippen LogP contribution in [-0.2, 0) is 11.3 Å². The van der Waals surface area contributed by atoms with Gasteiger partial charge in [0.05, 0.1) is 18.4 Å². The molecule has 0 aliphatic heterocycles. The summed E-state index contributed by atoms with van der Waals surface area (Å²) in [5.41, 5.74) is 2.60. The monoisotopic (exact) mass is 400 g/mol. The van der Waals surface area contributed by atoms with Gasteiger partial charge < -0.3 is 15.0 Å². The number of carbonyl (C=O) groups is 1. The van der Waals surface area contributed by atoms with Crippen molar-refractivity contribution >= 4 is 34.4 Å². The molecule has 2 aromatic heterocycles. The van der Waals surface area contributed by atoms with E-state index in [0.717, 1.165) is 18.5 Å². The summed E-state index contributed by atoms with van der Waals surface area (Å²) >= 11 is 1.27. The maximum atomic E-state index is 12.8. The zero-order chi connectivity index (χ0) is 20.1. The van der Waals surface area contributed by atoms with Gasteiger partial charge in [-0.25, -0.2) is 4.98 Å². The van der Waals surface area contributed by atoms with Crippen molar-refractivity contribution in [3.8, 4) is 5.75 Å². The maximum Gasteiger partial charge on any atom is 0.278 e. The first kappa shape index (κ1) is 20.0. The Bertz CT molecular complexity index is 1040. The third kappa shape index (κ3) is 4.56. The molecule has 2 N–H and O–H groups in total. The average Bonchev–Trinajstić information content (AvgIpc) is 3.06. The van der Waals surface area contributed by atoms with Gasteiger partial charge in [0, 0.05) is 24.0 Å². The molecular weight excluding hydrogens is 376 g/mol. The zero-order valence-corrected chi connectivity index (χ0v) is 17.1. The van der Waals surface area contributed by atoms with Crippen LogP contribution in [0.25, 0.3) is 11.0 Å². The summed E-state index contributed by atoms with van der Waals surface area (Å²) in [6.45, 7) is 4.55. The van der Waals surface area contributed by atoms with Gasteiger partial charge in [-0.15, -0.1) is 0 Å². The number of nitrogens with one attached hydrogen (secondary N) is 2. The Labute approximate surface area is 167 Å². The molecule has 0 radical (unpaired) electrons. The fourth-order valence-corrected chi connectivity index (χ4v) is 3.69. The van der Waals surface area contributed by atoms with Gasteiger partial charge in [-0.2, -0.15) is 0 Å². The summed E-state index contributed by atoms with van der Waals surface area (Å²) in [7, 11) is 1.58. The van der Waals surface area contributed by atoms with E-state index in [4.69, 9.17) is 4.74 Å². The predicted octanol–water partition coefficient (Wildman–Crippen LogP) is 3.57. The van der Waals surface area contributed by atoms with E-state index in [-0.39, 0.29) is 17.2 Å². The molecular formula is C20H24N4O3S. The summed E-state index contributed by atoms with van der Waals surface area (Å²) in [5.74, 6) is 0.665. The Morgan fingerprint density at radius 3 is 2.93 bits per heavy atom. The van der Waals surface area contributed by atoms with Crippen LogP contribution in [0.2, 0.25) is 0 Å². The second kappa shape index (κ2) is 8.97. The number of aryl methyl sites for hydroxylation is 1. The van der Waals surface area contributed by atoms with E-state index in [9.17, 15) is 9.59 Å². The quantitative estimate of drug-likeness (QED) is 0.446. The largest absolute Gasteiger partial charge is 0.497 e. The van der Waals surface area contributed by atoms with Crippen LogP contribution in [0.5, 0.6) is 5.75 Å². The molecule has 0 spiro atoms. The SMILES string of the molecule is CCCCn1c(SCC(=O)Nc2cccc(OC)c2)nc2cc(C)[nH]c2c1=O. The summed E-state index contributed by atoms with van der Waals surface area (Å²) in [4.78, 5) is 32.9. The van der Waals surface area contributed by atoms with Gasteiger partial charge in [0.25, 0.3) is 5.56 Å². The predicted molar refractivity (Wildman–Crippen MR) is 112 cm³/mol. The van der Waals surface area contributed by atoms with Crippen LogP contribution >= 0.6 is 11.8 Å². The van der Waals surface area contributed by atoms with Crippen LogP contribution in [0.1, 0.15) is 25.5 Å². The molecule has 8 heteroatoms. The molecule has 1 amide bonds. The van der Waals surface area contributed by atoms with Crippen molar-refractivity contribution < 1.29 is 9.53 Å². The lowest BCUT2D eigenvalue weighted by Crippen LogP contribution is -2.24. The van der Waals surface area contributed by atoms with Crippen molar-refractivity contribution in [1.29, 1.82) is 0 Å². The minimum Gasteiger partial charge on any atom is -0.497 e. The highest BCUT2D eigenvalue weighted by molar-refractivity contribution is 7.99. The number of aromatic nitrogens is 3. The van der Waals surface area contributed by atoms with Crippen molar-refractivity contribution in [2.24, 2.45) is 0 Å². The lowest BCUT2D eigenvalue weighted by atomic mass is 10.3. The highest BCUT2D eigenvalue weighted by Crippen LogP contribution is 2.20. The lowest BCUT2D eigenvalue weighted by Gasteiger charge is -2.12. The molecule has 0 atom stereocenters. The number of H-pyrrole nitrogens is 1. The summed E-state index contributed by atoms with van der Waals surface area (Å²) in [6.07, 6.45) is 1.84. The third-order valence-corrected chi connectivity index (χ3v) is 5.24. The number of hydrogen-bond donors (Lipinski definition) is 2. The fourth-order valence-electron chi connectivity index (χ4n) is 2.86. The maximum absolute atomic E-state index is 12.8. The number of fused-ring (bicyclic) bond motifs is 1. The van der Waals surface area contributed by atoms with Crippen LogP contribution in [0.15, 0.2) is 40.3 Å². The Morgan fingerprint density at radius 1 is 1.36 bits per heavy atom. The minimum absolute atomic E-state index is 0.0951. The number of benzene rings is 1. The van der Waals surface area contributed by atoms with E-state index in [1.54, 1.807) is 23.8 Å². The number of thioether (sulfide) groups is 1. The topological polar surface area (TPSA) is 89.0 Å². The molecule has 3 aromatic rings. The average molecular weight is 401 g/mol. The number of methoxy groups -OCH3 is 1. The van der Waals surface area contributed by atoms with Crippen molar-refractivity contribution in [2.45, 2.75) is 38.4 Å². The Balaban J connectivity index is 1.78. The van der Waals surface area contributed by atoms with E-state index < -0.39 is 0 Å². The lowest BCUT2D eigenvalue weighted by molar-refractivity contribution is -0.113. The standard InChI is InChI=1S/C20H24N4O3S/c1-4-5-9-24-19(26)18-16(10-13(2)21-18)23-20(24)28-12-17(25)22-14-7-6-8-15(11-14)27-3/h6-8,10-11,21H,4-5,9,12H2,1-3H3,(H,22,25). The normalized spacial score (nSPS) is 11.0. The highest BCUT2D eigenvalue weighted by atomic mass is 32.2. The molecule has 0 fully saturated rings. The molecule has 0 saturated carbocycles. The van der Waals surface area contributed by atoms with Crippen LogP contribution in [0.3, 0.4) is 0 Å². The molecule has 7 nitrogen and oxygen atoms in total. The number of ether oxygens (including phenoxy) is 1. The summed E-state index contributed by atoms with van der Waals surface area (Å²) in [5, 5.41) is 3.41. The Hall–Kier alpha value is -2.74. The van der Waals surface area contributed by atoms with Crippen molar-refractivity contribution in [1.82, 2.24) is 14.5 Å². The first-order valence-electron chi connectivity index (χ1n) is 9.18. The second-order valence-electron chi connectivity index (χ2n) is 6.49. The first-order valence-corrected chi connectivity index (χ1v) is 10.2. The van der Waals surface area contributed by atoms with Gasteiger partial charge in [0.1, 0.15) is 11.3 Å². The van der Waals surface area contributed by atoms with Crippen LogP contribution in [0.4, 0.5) is 5.69 Å². The number of rotatable bonds is 8. The molecule has 0 aliphatic carbocycles. The fraction of sp³-hybridized carbons (Fsp3) is 0.350. The number of carbonyl (C=O) groups excluding carboxylic acids is 1. The zero-order valence-electron chi connectivity index (χ0n) is 16.2.